The summed E-state index contributed by atoms with van der Waals surface area (Å²) in [5.74, 6) is -0.268. The fraction of sp³-hybridized carbons (Fsp3) is 0.963. The molecule has 4 saturated carbocycles. The van der Waals surface area contributed by atoms with Crippen molar-refractivity contribution in [1.82, 2.24) is 0 Å². The van der Waals surface area contributed by atoms with Gasteiger partial charge in [0.05, 0.1) is 29.0 Å². The molecule has 0 radical (unpaired) electrons. The predicted molar refractivity (Wildman–Crippen MR) is 125 cm³/mol. The summed E-state index contributed by atoms with van der Waals surface area (Å²) in [5, 5.41) is 54.6. The molecule has 4 rings (SSSR count). The summed E-state index contributed by atoms with van der Waals surface area (Å²) in [7, 11) is 0. The molecule has 4 fully saturated rings. The Balaban J connectivity index is 1.59. The summed E-state index contributed by atoms with van der Waals surface area (Å²) in [6, 6.07) is 0. The van der Waals surface area contributed by atoms with E-state index in [4.69, 9.17) is 0 Å². The number of Topliss-reactive ketones (excluding diaryl/α,β-unsaturated/α-hetero) is 1. The minimum absolute atomic E-state index is 0.0721. The normalized spacial score (nSPS) is 49.7. The third kappa shape index (κ3) is 3.92. The van der Waals surface area contributed by atoms with Crippen LogP contribution in [0.25, 0.3) is 0 Å². The van der Waals surface area contributed by atoms with E-state index in [-0.39, 0.29) is 29.5 Å². The molecule has 0 bridgehead atoms. The lowest BCUT2D eigenvalue weighted by atomic mass is 9.42. The van der Waals surface area contributed by atoms with Gasteiger partial charge in [0.1, 0.15) is 5.78 Å². The first-order chi connectivity index (χ1) is 15.1. The van der Waals surface area contributed by atoms with E-state index in [0.29, 0.717) is 44.9 Å². The fourth-order valence-corrected chi connectivity index (χ4v) is 9.07. The largest absolute Gasteiger partial charge is 0.390 e. The Morgan fingerprint density at radius 3 is 2.27 bits per heavy atom. The molecular formula is C27H46O6. The van der Waals surface area contributed by atoms with Crippen LogP contribution in [0.3, 0.4) is 0 Å². The summed E-state index contributed by atoms with van der Waals surface area (Å²) in [6.07, 6.45) is 4.22. The molecular weight excluding hydrogens is 420 g/mol. The standard InChI is InChI=1S/C27H46O6/c1-23(2,31)9-6-10-26(5,32)22-8-12-27(33)17-13-19(28)18-14-20(29)21(30)15-24(18,3)16(17)7-11-25(22,27)4/h16-18,20-22,29-33H,6-15H2,1-5H3. The molecule has 0 aromatic heterocycles. The van der Waals surface area contributed by atoms with Gasteiger partial charge < -0.3 is 25.5 Å². The van der Waals surface area contributed by atoms with Crippen LogP contribution in [0.4, 0.5) is 0 Å². The molecule has 0 heterocycles. The van der Waals surface area contributed by atoms with Gasteiger partial charge in [-0.05, 0) is 102 Å². The van der Waals surface area contributed by atoms with E-state index in [2.05, 4.69) is 13.8 Å². The molecule has 0 aliphatic heterocycles. The van der Waals surface area contributed by atoms with E-state index in [9.17, 15) is 30.3 Å². The van der Waals surface area contributed by atoms with E-state index in [1.807, 2.05) is 6.92 Å². The lowest BCUT2D eigenvalue weighted by molar-refractivity contribution is -0.226. The number of rotatable bonds is 5. The van der Waals surface area contributed by atoms with Gasteiger partial charge in [-0.1, -0.05) is 13.8 Å². The second-order valence-corrected chi connectivity index (χ2v) is 13.5. The van der Waals surface area contributed by atoms with E-state index in [0.717, 1.165) is 19.3 Å². The van der Waals surface area contributed by atoms with Gasteiger partial charge in [-0.25, -0.2) is 0 Å². The van der Waals surface area contributed by atoms with Gasteiger partial charge >= 0.3 is 0 Å². The third-order valence-corrected chi connectivity index (χ3v) is 10.9. The Morgan fingerprint density at radius 1 is 0.970 bits per heavy atom. The lowest BCUT2D eigenvalue weighted by Crippen LogP contribution is -2.66. The van der Waals surface area contributed by atoms with Crippen LogP contribution < -0.4 is 0 Å². The number of carbonyl (C=O) groups is 1. The van der Waals surface area contributed by atoms with Crippen LogP contribution >= 0.6 is 0 Å². The molecule has 0 aromatic rings. The first kappa shape index (κ1) is 25.6. The van der Waals surface area contributed by atoms with Crippen LogP contribution in [0.5, 0.6) is 0 Å². The summed E-state index contributed by atoms with van der Waals surface area (Å²) in [4.78, 5) is 13.3. The average molecular weight is 467 g/mol. The van der Waals surface area contributed by atoms with Crippen molar-refractivity contribution in [3.63, 3.8) is 0 Å². The van der Waals surface area contributed by atoms with Crippen molar-refractivity contribution in [2.24, 2.45) is 34.5 Å². The zero-order valence-corrected chi connectivity index (χ0v) is 21.2. The minimum atomic E-state index is -1.02. The van der Waals surface area contributed by atoms with Gasteiger partial charge in [-0.15, -0.1) is 0 Å². The van der Waals surface area contributed by atoms with E-state index in [1.165, 1.54) is 0 Å². The molecule has 10 atom stereocenters. The van der Waals surface area contributed by atoms with Crippen molar-refractivity contribution in [2.75, 3.05) is 0 Å². The molecule has 0 aromatic carbocycles. The molecule has 4 aliphatic carbocycles. The lowest BCUT2D eigenvalue weighted by Gasteiger charge is -2.63. The number of carbonyl (C=O) groups excluding carboxylic acids is 1. The highest BCUT2D eigenvalue weighted by molar-refractivity contribution is 5.83. The first-order valence-electron chi connectivity index (χ1n) is 13.1. The monoisotopic (exact) mass is 466 g/mol. The maximum absolute atomic E-state index is 13.3. The summed E-state index contributed by atoms with van der Waals surface area (Å²) in [6.45, 7) is 9.66. The molecule has 6 heteroatoms. The molecule has 0 spiro atoms. The average Bonchev–Trinajstić information content (AvgIpc) is 2.95. The molecule has 0 amide bonds. The molecule has 33 heavy (non-hydrogen) atoms. The predicted octanol–water partition coefficient (Wildman–Crippen LogP) is 2.96. The Morgan fingerprint density at radius 2 is 1.64 bits per heavy atom. The van der Waals surface area contributed by atoms with E-state index in [1.54, 1.807) is 13.8 Å². The maximum Gasteiger partial charge on any atom is 0.137 e. The van der Waals surface area contributed by atoms with Gasteiger partial charge in [0.15, 0.2) is 0 Å². The second-order valence-electron chi connectivity index (χ2n) is 13.5. The van der Waals surface area contributed by atoms with Crippen LogP contribution in [0.15, 0.2) is 0 Å². The molecule has 0 saturated heterocycles. The Labute approximate surface area is 198 Å². The molecule has 4 aliphatic rings. The van der Waals surface area contributed by atoms with Gasteiger partial charge in [-0.3, -0.25) is 4.79 Å². The number of ketones is 1. The molecule has 5 N–H and O–H groups in total. The maximum atomic E-state index is 13.3. The summed E-state index contributed by atoms with van der Waals surface area (Å²) in [5.41, 5.74) is -3.63. The quantitative estimate of drug-likeness (QED) is 0.425. The zero-order valence-electron chi connectivity index (χ0n) is 21.2. The van der Waals surface area contributed by atoms with Gasteiger partial charge in [0, 0.05) is 17.8 Å². The minimum Gasteiger partial charge on any atom is -0.390 e. The summed E-state index contributed by atoms with van der Waals surface area (Å²) >= 11 is 0. The topological polar surface area (TPSA) is 118 Å². The van der Waals surface area contributed by atoms with Crippen molar-refractivity contribution in [3.8, 4) is 0 Å². The first-order valence-corrected chi connectivity index (χ1v) is 13.1. The second kappa shape index (κ2) is 7.99. The Kier molecular flexibility index (Phi) is 6.19. The Hall–Kier alpha value is -0.530. The number of aliphatic hydroxyl groups is 5. The highest BCUT2D eigenvalue weighted by Gasteiger charge is 2.70. The van der Waals surface area contributed by atoms with Crippen LogP contribution in [0.1, 0.15) is 98.8 Å². The van der Waals surface area contributed by atoms with Crippen LogP contribution in [0.2, 0.25) is 0 Å². The van der Waals surface area contributed by atoms with E-state index < -0.39 is 39.8 Å². The Bertz CT molecular complexity index is 773. The van der Waals surface area contributed by atoms with Crippen molar-refractivity contribution in [1.29, 1.82) is 0 Å². The van der Waals surface area contributed by atoms with E-state index >= 15 is 0 Å². The van der Waals surface area contributed by atoms with Gasteiger partial charge in [0.25, 0.3) is 0 Å². The SMILES string of the molecule is CC(C)(O)CCCC(C)(O)C1CCC2(O)C3CC(=O)C4CC(O)C(O)CC4(C)C3CCC12C. The summed E-state index contributed by atoms with van der Waals surface area (Å²) < 4.78 is 0. The smallest absolute Gasteiger partial charge is 0.137 e. The van der Waals surface area contributed by atoms with Crippen LogP contribution in [-0.2, 0) is 4.79 Å². The van der Waals surface area contributed by atoms with Crippen molar-refractivity contribution < 1.29 is 30.3 Å². The van der Waals surface area contributed by atoms with Gasteiger partial charge in [-0.2, -0.15) is 0 Å². The number of hydrogen-bond acceptors (Lipinski definition) is 6. The highest BCUT2D eigenvalue weighted by Crippen LogP contribution is 2.69. The molecule has 190 valence electrons. The fourth-order valence-electron chi connectivity index (χ4n) is 9.07. The molecule has 10 unspecified atom stereocenters. The third-order valence-electron chi connectivity index (χ3n) is 10.9. The van der Waals surface area contributed by atoms with Crippen LogP contribution in [-0.4, -0.2) is 60.3 Å². The number of aliphatic hydroxyl groups excluding tert-OH is 2. The zero-order chi connectivity index (χ0) is 24.6. The number of hydrogen-bond donors (Lipinski definition) is 5. The van der Waals surface area contributed by atoms with Crippen molar-refractivity contribution in [2.45, 2.75) is 128 Å². The highest BCUT2D eigenvalue weighted by atomic mass is 16.3. The van der Waals surface area contributed by atoms with Gasteiger partial charge in [0.2, 0.25) is 0 Å². The van der Waals surface area contributed by atoms with Crippen molar-refractivity contribution in [3.05, 3.63) is 0 Å². The van der Waals surface area contributed by atoms with Crippen LogP contribution in [0, 0.1) is 34.5 Å². The number of fused-ring (bicyclic) bond motifs is 5. The van der Waals surface area contributed by atoms with Crippen molar-refractivity contribution >= 4 is 5.78 Å². The molecule has 6 nitrogen and oxygen atoms in total.